The Bertz CT molecular complexity index is 916. The molecule has 0 unspecified atom stereocenters. The van der Waals surface area contributed by atoms with Gasteiger partial charge in [-0.05, 0) is 36.6 Å². The number of anilines is 1. The molecule has 2 aromatic carbocycles. The van der Waals surface area contributed by atoms with E-state index in [1.165, 1.54) is 0 Å². The maximum atomic E-state index is 12.4. The number of carboxylic acids is 1. The molecular weight excluding hydrogens is 378 g/mol. The molecule has 0 atom stereocenters. The first-order chi connectivity index (χ1) is 13.4. The fraction of sp³-hybridized carbons (Fsp3) is 0.286. The highest BCUT2D eigenvalue weighted by Gasteiger charge is 2.43. The topological polar surface area (TPSA) is 93.4 Å². The summed E-state index contributed by atoms with van der Waals surface area (Å²) in [5.41, 5.74) is 0.588. The Kier molecular flexibility index (Phi) is 5.98. The monoisotopic (exact) mass is 397 g/mol. The number of carbonyl (C=O) groups excluding carboxylic acids is 1. The van der Waals surface area contributed by atoms with Crippen molar-refractivity contribution in [1.82, 2.24) is 4.90 Å². The lowest BCUT2D eigenvalue weighted by molar-refractivity contribution is -0.146. The SMILES string of the molecule is N#Cc1ccc(Cl)cc1NC(=O)CN1CCC(C(=O)O)(c2ccccc2)CC1. The Morgan fingerprint density at radius 2 is 1.86 bits per heavy atom. The number of amides is 1. The van der Waals surface area contributed by atoms with E-state index in [1.54, 1.807) is 18.2 Å². The molecule has 0 spiro atoms. The number of nitriles is 1. The summed E-state index contributed by atoms with van der Waals surface area (Å²) < 4.78 is 0. The number of carboxylic acid groups (broad SMARTS) is 1. The van der Waals surface area contributed by atoms with E-state index in [-0.39, 0.29) is 12.5 Å². The summed E-state index contributed by atoms with van der Waals surface area (Å²) in [6.07, 6.45) is 0.862. The summed E-state index contributed by atoms with van der Waals surface area (Å²) in [5.74, 6) is -1.10. The quantitative estimate of drug-likeness (QED) is 0.807. The minimum Gasteiger partial charge on any atom is -0.481 e. The van der Waals surface area contributed by atoms with Crippen molar-refractivity contribution in [1.29, 1.82) is 5.26 Å². The molecule has 1 heterocycles. The largest absolute Gasteiger partial charge is 0.481 e. The van der Waals surface area contributed by atoms with Crippen LogP contribution in [0, 0.1) is 11.3 Å². The van der Waals surface area contributed by atoms with E-state index in [2.05, 4.69) is 5.32 Å². The van der Waals surface area contributed by atoms with Gasteiger partial charge in [0.1, 0.15) is 6.07 Å². The molecule has 1 aliphatic rings. The van der Waals surface area contributed by atoms with E-state index in [0.717, 1.165) is 5.56 Å². The number of piperidine rings is 1. The third-order valence-corrected chi connectivity index (χ3v) is 5.42. The molecule has 0 radical (unpaired) electrons. The van der Waals surface area contributed by atoms with Crippen molar-refractivity contribution in [2.24, 2.45) is 0 Å². The molecule has 0 bridgehead atoms. The van der Waals surface area contributed by atoms with E-state index in [1.807, 2.05) is 41.3 Å². The Morgan fingerprint density at radius 3 is 2.46 bits per heavy atom. The van der Waals surface area contributed by atoms with Gasteiger partial charge in [0.25, 0.3) is 0 Å². The van der Waals surface area contributed by atoms with Gasteiger partial charge in [-0.25, -0.2) is 0 Å². The van der Waals surface area contributed by atoms with Crippen molar-refractivity contribution in [3.05, 3.63) is 64.7 Å². The lowest BCUT2D eigenvalue weighted by atomic mass is 9.73. The van der Waals surface area contributed by atoms with Gasteiger partial charge >= 0.3 is 5.97 Å². The van der Waals surface area contributed by atoms with Crippen molar-refractivity contribution in [2.45, 2.75) is 18.3 Å². The first kappa shape index (κ1) is 19.9. The second-order valence-corrected chi connectivity index (χ2v) is 7.32. The van der Waals surface area contributed by atoms with Gasteiger partial charge in [-0.15, -0.1) is 0 Å². The van der Waals surface area contributed by atoms with Gasteiger partial charge in [0, 0.05) is 18.1 Å². The van der Waals surface area contributed by atoms with Crippen molar-refractivity contribution < 1.29 is 14.7 Å². The van der Waals surface area contributed by atoms with Gasteiger partial charge in [-0.2, -0.15) is 5.26 Å². The van der Waals surface area contributed by atoms with Crippen LogP contribution in [0.1, 0.15) is 24.0 Å². The highest BCUT2D eigenvalue weighted by molar-refractivity contribution is 6.31. The summed E-state index contributed by atoms with van der Waals surface area (Å²) in [6, 6.07) is 16.0. The summed E-state index contributed by atoms with van der Waals surface area (Å²) in [7, 11) is 0. The Hall–Kier alpha value is -2.88. The number of hydrogen-bond donors (Lipinski definition) is 2. The number of hydrogen-bond acceptors (Lipinski definition) is 4. The van der Waals surface area contributed by atoms with Gasteiger partial charge in [0.15, 0.2) is 0 Å². The number of carbonyl (C=O) groups is 2. The Balaban J connectivity index is 1.64. The number of nitrogens with zero attached hydrogens (tertiary/aromatic N) is 2. The first-order valence-electron chi connectivity index (χ1n) is 8.95. The summed E-state index contributed by atoms with van der Waals surface area (Å²) >= 11 is 5.94. The summed E-state index contributed by atoms with van der Waals surface area (Å²) in [4.78, 5) is 26.3. The molecular formula is C21H20ClN3O3. The third kappa shape index (κ3) is 4.16. The molecule has 1 fully saturated rings. The minimum absolute atomic E-state index is 0.127. The molecule has 144 valence electrons. The highest BCUT2D eigenvalue weighted by Crippen LogP contribution is 2.35. The van der Waals surface area contributed by atoms with Gasteiger partial charge < -0.3 is 10.4 Å². The van der Waals surface area contributed by atoms with E-state index in [0.29, 0.717) is 42.2 Å². The lowest BCUT2D eigenvalue weighted by Gasteiger charge is -2.39. The molecule has 3 rings (SSSR count). The molecule has 2 aromatic rings. The smallest absolute Gasteiger partial charge is 0.314 e. The van der Waals surface area contributed by atoms with Crippen LogP contribution in [0.25, 0.3) is 0 Å². The molecule has 1 amide bonds. The minimum atomic E-state index is -0.921. The van der Waals surface area contributed by atoms with Gasteiger partial charge in [0.05, 0.1) is 23.2 Å². The normalized spacial score (nSPS) is 16.1. The maximum Gasteiger partial charge on any atom is 0.314 e. The zero-order chi connectivity index (χ0) is 20.1. The average Bonchev–Trinajstić information content (AvgIpc) is 2.69. The van der Waals surface area contributed by atoms with Gasteiger partial charge in [-0.1, -0.05) is 41.9 Å². The lowest BCUT2D eigenvalue weighted by Crippen LogP contribution is -2.49. The zero-order valence-corrected chi connectivity index (χ0v) is 15.9. The van der Waals surface area contributed by atoms with Crippen LogP contribution < -0.4 is 5.32 Å². The molecule has 6 nitrogen and oxygen atoms in total. The Morgan fingerprint density at radius 1 is 1.18 bits per heavy atom. The first-order valence-corrected chi connectivity index (χ1v) is 9.33. The number of aliphatic carboxylic acids is 1. The van der Waals surface area contributed by atoms with Crippen molar-refractivity contribution in [2.75, 3.05) is 25.0 Å². The predicted molar refractivity (Wildman–Crippen MR) is 106 cm³/mol. The zero-order valence-electron chi connectivity index (χ0n) is 15.2. The molecule has 1 aliphatic heterocycles. The standard InChI is InChI=1S/C21H20ClN3O3/c22-17-7-6-15(13-23)18(12-17)24-19(26)14-25-10-8-21(9-11-25,20(27)28)16-4-2-1-3-5-16/h1-7,12H,8-11,14H2,(H,24,26)(H,27,28). The number of rotatable bonds is 5. The number of nitrogens with one attached hydrogen (secondary N) is 1. The van der Waals surface area contributed by atoms with Crippen LogP contribution in [-0.2, 0) is 15.0 Å². The summed E-state index contributed by atoms with van der Waals surface area (Å²) in [6.45, 7) is 1.12. The van der Waals surface area contributed by atoms with Crippen LogP contribution in [0.15, 0.2) is 48.5 Å². The van der Waals surface area contributed by atoms with Crippen molar-refractivity contribution in [3.8, 4) is 6.07 Å². The predicted octanol–water partition coefficient (Wildman–Crippen LogP) is 3.27. The van der Waals surface area contributed by atoms with Crippen LogP contribution in [0.3, 0.4) is 0 Å². The molecule has 1 saturated heterocycles. The number of likely N-dealkylation sites (tertiary alicyclic amines) is 1. The molecule has 0 aliphatic carbocycles. The van der Waals surface area contributed by atoms with E-state index >= 15 is 0 Å². The van der Waals surface area contributed by atoms with Crippen molar-refractivity contribution >= 4 is 29.2 Å². The van der Waals surface area contributed by atoms with E-state index in [4.69, 9.17) is 16.9 Å². The molecule has 2 N–H and O–H groups in total. The average molecular weight is 398 g/mol. The Labute approximate surface area is 168 Å². The van der Waals surface area contributed by atoms with Crippen LogP contribution in [0.2, 0.25) is 5.02 Å². The second-order valence-electron chi connectivity index (χ2n) is 6.88. The van der Waals surface area contributed by atoms with E-state index < -0.39 is 11.4 Å². The number of benzene rings is 2. The number of halogens is 1. The fourth-order valence-corrected chi connectivity index (χ4v) is 3.76. The molecule has 7 heteroatoms. The summed E-state index contributed by atoms with van der Waals surface area (Å²) in [5, 5.41) is 22.2. The van der Waals surface area contributed by atoms with Crippen LogP contribution in [-0.4, -0.2) is 41.5 Å². The molecule has 28 heavy (non-hydrogen) atoms. The molecule has 0 aromatic heterocycles. The van der Waals surface area contributed by atoms with Gasteiger partial charge in [-0.3, -0.25) is 14.5 Å². The second kappa shape index (κ2) is 8.42. The molecule has 0 saturated carbocycles. The fourth-order valence-electron chi connectivity index (χ4n) is 3.59. The van der Waals surface area contributed by atoms with Crippen LogP contribution >= 0.6 is 11.6 Å². The highest BCUT2D eigenvalue weighted by atomic mass is 35.5. The van der Waals surface area contributed by atoms with Crippen molar-refractivity contribution in [3.63, 3.8) is 0 Å². The van der Waals surface area contributed by atoms with E-state index in [9.17, 15) is 14.7 Å². The third-order valence-electron chi connectivity index (χ3n) is 5.19. The van der Waals surface area contributed by atoms with Crippen LogP contribution in [0.5, 0.6) is 0 Å². The van der Waals surface area contributed by atoms with Gasteiger partial charge in [0.2, 0.25) is 5.91 Å². The van der Waals surface area contributed by atoms with Crippen LogP contribution in [0.4, 0.5) is 5.69 Å². The maximum absolute atomic E-state index is 12.4.